The Morgan fingerprint density at radius 3 is 2.54 bits per heavy atom. The van der Waals surface area contributed by atoms with Gasteiger partial charge in [0.25, 0.3) is 5.91 Å². The minimum absolute atomic E-state index is 0.0149. The molecule has 1 unspecified atom stereocenters. The van der Waals surface area contributed by atoms with E-state index in [1.165, 1.54) is 23.5 Å². The summed E-state index contributed by atoms with van der Waals surface area (Å²) in [5.41, 5.74) is 8.72. The summed E-state index contributed by atoms with van der Waals surface area (Å²) in [6, 6.07) is 16.2. The van der Waals surface area contributed by atoms with Crippen LogP contribution in [0.1, 0.15) is 35.0 Å². The van der Waals surface area contributed by atoms with Crippen molar-refractivity contribution >= 4 is 22.9 Å². The van der Waals surface area contributed by atoms with Crippen molar-refractivity contribution in [2.24, 2.45) is 5.73 Å². The van der Waals surface area contributed by atoms with Crippen LogP contribution < -0.4 is 10.6 Å². The minimum Gasteiger partial charge on any atom is -0.386 e. The number of aliphatic hydroxyl groups is 1. The van der Waals surface area contributed by atoms with Gasteiger partial charge in [0.2, 0.25) is 0 Å². The number of thiophene rings is 1. The van der Waals surface area contributed by atoms with Crippen molar-refractivity contribution in [3.05, 3.63) is 64.8 Å². The Morgan fingerprint density at radius 2 is 1.91 bits per heavy atom. The van der Waals surface area contributed by atoms with E-state index in [4.69, 9.17) is 11.0 Å². The summed E-state index contributed by atoms with van der Waals surface area (Å²) >= 11 is 1.39. The van der Waals surface area contributed by atoms with E-state index in [0.717, 1.165) is 34.5 Å². The third-order valence-electron chi connectivity index (χ3n) is 6.65. The van der Waals surface area contributed by atoms with Crippen LogP contribution in [0.4, 0.5) is 10.1 Å². The zero-order chi connectivity index (χ0) is 24.7. The van der Waals surface area contributed by atoms with Crippen LogP contribution in [0, 0.1) is 17.1 Å². The molecular weight excluding hydrogens is 463 g/mol. The van der Waals surface area contributed by atoms with Crippen LogP contribution in [0.5, 0.6) is 0 Å². The fraction of sp³-hybridized carbons (Fsp3) is 0.333. The molecule has 2 aliphatic heterocycles. The summed E-state index contributed by atoms with van der Waals surface area (Å²) in [6.07, 6.45) is 1.79. The van der Waals surface area contributed by atoms with E-state index in [1.807, 2.05) is 43.3 Å². The topological polar surface area (TPSA) is 93.6 Å². The molecule has 0 saturated carbocycles. The van der Waals surface area contributed by atoms with Crippen LogP contribution in [0.25, 0.3) is 21.6 Å². The number of anilines is 1. The maximum atomic E-state index is 14.5. The molecule has 2 fully saturated rings. The zero-order valence-corrected chi connectivity index (χ0v) is 20.3. The monoisotopic (exact) mass is 490 g/mol. The first kappa shape index (κ1) is 23.5. The molecule has 2 aromatic carbocycles. The number of nitrogens with zero attached hydrogens (tertiary/aromatic N) is 3. The first-order valence-electron chi connectivity index (χ1n) is 11.7. The van der Waals surface area contributed by atoms with E-state index >= 15 is 0 Å². The maximum Gasteiger partial charge on any atom is 0.264 e. The van der Waals surface area contributed by atoms with Crippen molar-refractivity contribution in [2.75, 3.05) is 31.1 Å². The van der Waals surface area contributed by atoms with Gasteiger partial charge in [0.1, 0.15) is 11.9 Å². The summed E-state index contributed by atoms with van der Waals surface area (Å²) in [6.45, 7) is 4.19. The van der Waals surface area contributed by atoms with E-state index < -0.39 is 11.4 Å². The Balaban J connectivity index is 1.52. The van der Waals surface area contributed by atoms with Gasteiger partial charge in [-0.3, -0.25) is 4.79 Å². The van der Waals surface area contributed by atoms with Gasteiger partial charge in [-0.05, 0) is 61.2 Å². The van der Waals surface area contributed by atoms with Gasteiger partial charge < -0.3 is 20.6 Å². The number of carbonyl (C=O) groups excluding carboxylic acids is 1. The van der Waals surface area contributed by atoms with E-state index in [0.29, 0.717) is 36.6 Å². The SMILES string of the molecule is CC1(O)CN(c2ccc(-c3sc(C(=O)N4CCCC(N)C4)cc3-c3ccc(C#N)c(F)c3)cc2)C1. The number of nitriles is 1. The van der Waals surface area contributed by atoms with Crippen molar-refractivity contribution in [1.29, 1.82) is 5.26 Å². The number of rotatable bonds is 4. The fourth-order valence-electron chi connectivity index (χ4n) is 4.83. The lowest BCUT2D eigenvalue weighted by atomic mass is 9.95. The van der Waals surface area contributed by atoms with Crippen LogP contribution in [-0.2, 0) is 0 Å². The number of nitrogens with two attached hydrogens (primary N) is 1. The molecule has 0 radical (unpaired) electrons. The second-order valence-electron chi connectivity index (χ2n) is 9.71. The van der Waals surface area contributed by atoms with Gasteiger partial charge in [-0.25, -0.2) is 4.39 Å². The summed E-state index contributed by atoms with van der Waals surface area (Å²) in [7, 11) is 0. The highest BCUT2D eigenvalue weighted by Gasteiger charge is 2.36. The number of β-amino-alcohol motifs (C(OH)–C–C–N with tert-alkyl or cyclic N) is 1. The number of piperidine rings is 1. The molecular formula is C27H27FN4O2S. The highest BCUT2D eigenvalue weighted by molar-refractivity contribution is 7.18. The first-order chi connectivity index (χ1) is 16.7. The Labute approximate surface area is 208 Å². The Morgan fingerprint density at radius 1 is 1.20 bits per heavy atom. The number of hydrogen-bond acceptors (Lipinski definition) is 6. The molecule has 0 bridgehead atoms. The number of halogens is 1. The lowest BCUT2D eigenvalue weighted by Gasteiger charge is -2.45. The Hall–Kier alpha value is -3.25. The van der Waals surface area contributed by atoms with Crippen LogP contribution in [0.15, 0.2) is 48.5 Å². The van der Waals surface area contributed by atoms with Crippen molar-refractivity contribution in [2.45, 2.75) is 31.4 Å². The highest BCUT2D eigenvalue weighted by Crippen LogP contribution is 2.41. The Kier molecular flexibility index (Phi) is 6.09. The smallest absolute Gasteiger partial charge is 0.264 e. The summed E-state index contributed by atoms with van der Waals surface area (Å²) in [5.74, 6) is -0.650. The molecule has 35 heavy (non-hydrogen) atoms. The standard InChI is InChI=1S/C27H27FN4O2S/c1-27(34)15-32(16-27)21-8-6-17(7-9-21)25-22(18-4-5-19(13-29)23(28)11-18)12-24(35-25)26(33)31-10-2-3-20(30)14-31/h4-9,11-12,20,34H,2-3,10,14-16,30H2,1H3. The molecule has 0 aliphatic carbocycles. The largest absolute Gasteiger partial charge is 0.386 e. The number of benzene rings is 2. The van der Waals surface area contributed by atoms with Crippen molar-refractivity contribution in [3.63, 3.8) is 0 Å². The molecule has 3 aromatic rings. The van der Waals surface area contributed by atoms with E-state index in [9.17, 15) is 14.3 Å². The quantitative estimate of drug-likeness (QED) is 0.571. The third kappa shape index (κ3) is 4.67. The molecule has 8 heteroatoms. The number of carbonyl (C=O) groups is 1. The Bertz CT molecular complexity index is 1300. The molecule has 5 rings (SSSR count). The number of likely N-dealkylation sites (tertiary alicyclic amines) is 1. The van der Waals surface area contributed by atoms with Gasteiger partial charge in [0.05, 0.1) is 16.0 Å². The van der Waals surface area contributed by atoms with E-state index in [-0.39, 0.29) is 17.5 Å². The van der Waals surface area contributed by atoms with E-state index in [1.54, 1.807) is 11.0 Å². The molecule has 6 nitrogen and oxygen atoms in total. The average Bonchev–Trinajstić information content (AvgIpc) is 3.27. The van der Waals surface area contributed by atoms with Crippen molar-refractivity contribution < 1.29 is 14.3 Å². The lowest BCUT2D eigenvalue weighted by Crippen LogP contribution is -2.60. The molecule has 2 saturated heterocycles. The molecule has 1 aromatic heterocycles. The third-order valence-corrected chi connectivity index (χ3v) is 7.82. The van der Waals surface area contributed by atoms with Crippen LogP contribution >= 0.6 is 11.3 Å². The summed E-state index contributed by atoms with van der Waals surface area (Å²) in [4.78, 5) is 18.7. The van der Waals surface area contributed by atoms with E-state index in [2.05, 4.69) is 4.90 Å². The summed E-state index contributed by atoms with van der Waals surface area (Å²) < 4.78 is 14.5. The predicted molar refractivity (Wildman–Crippen MR) is 136 cm³/mol. The van der Waals surface area contributed by atoms with Gasteiger partial charge >= 0.3 is 0 Å². The molecule has 1 atom stereocenters. The molecule has 3 heterocycles. The lowest BCUT2D eigenvalue weighted by molar-refractivity contribution is 0.0310. The van der Waals surface area contributed by atoms with Crippen molar-refractivity contribution in [1.82, 2.24) is 4.90 Å². The van der Waals surface area contributed by atoms with Crippen LogP contribution in [0.3, 0.4) is 0 Å². The van der Waals surface area contributed by atoms with Gasteiger partial charge in [-0.15, -0.1) is 11.3 Å². The second-order valence-corrected chi connectivity index (χ2v) is 10.8. The van der Waals surface area contributed by atoms with Crippen LogP contribution in [0.2, 0.25) is 0 Å². The predicted octanol–water partition coefficient (Wildman–Crippen LogP) is 4.23. The molecule has 3 N–H and O–H groups in total. The fourth-order valence-corrected chi connectivity index (χ4v) is 5.98. The molecule has 180 valence electrons. The van der Waals surface area contributed by atoms with Gasteiger partial charge in [-0.2, -0.15) is 5.26 Å². The number of amides is 1. The van der Waals surface area contributed by atoms with Gasteiger partial charge in [-0.1, -0.05) is 18.2 Å². The normalized spacial score (nSPS) is 19.2. The van der Waals surface area contributed by atoms with Crippen molar-refractivity contribution in [3.8, 4) is 27.6 Å². The number of hydrogen-bond donors (Lipinski definition) is 2. The first-order valence-corrected chi connectivity index (χ1v) is 12.5. The zero-order valence-electron chi connectivity index (χ0n) is 19.5. The molecule has 2 aliphatic rings. The maximum absolute atomic E-state index is 14.5. The van der Waals surface area contributed by atoms with Gasteiger partial charge in [0.15, 0.2) is 0 Å². The van der Waals surface area contributed by atoms with Crippen LogP contribution in [-0.4, -0.2) is 53.7 Å². The molecule has 0 spiro atoms. The molecule has 1 amide bonds. The summed E-state index contributed by atoms with van der Waals surface area (Å²) in [5, 5.41) is 19.2. The average molecular weight is 491 g/mol. The minimum atomic E-state index is -0.661. The van der Waals surface area contributed by atoms with Gasteiger partial charge in [0, 0.05) is 48.3 Å². The second kappa shape index (κ2) is 9.08. The highest BCUT2D eigenvalue weighted by atomic mass is 32.1.